The van der Waals surface area contributed by atoms with Crippen molar-refractivity contribution in [3.8, 4) is 11.5 Å². The largest absolute Gasteiger partial charge is 0.454 e. The molecular weight excluding hydrogens is 312 g/mol. The van der Waals surface area contributed by atoms with E-state index in [1.165, 1.54) is 6.08 Å². The van der Waals surface area contributed by atoms with Crippen LogP contribution in [0.5, 0.6) is 11.5 Å². The average Bonchev–Trinajstić information content (AvgIpc) is 2.58. The lowest BCUT2D eigenvalue weighted by atomic mass is 10.1. The number of hydrogen-bond donors (Lipinski definition) is 1. The van der Waals surface area contributed by atoms with Gasteiger partial charge in [-0.15, -0.1) is 0 Å². The summed E-state index contributed by atoms with van der Waals surface area (Å²) in [7, 11) is 0. The Balaban J connectivity index is 2.06. The number of benzene rings is 2. The van der Waals surface area contributed by atoms with E-state index in [0.717, 1.165) is 5.39 Å². The third-order valence-corrected chi connectivity index (χ3v) is 3.54. The first-order valence-corrected chi connectivity index (χ1v) is 7.30. The van der Waals surface area contributed by atoms with Gasteiger partial charge in [0, 0.05) is 11.6 Å². The van der Waals surface area contributed by atoms with Crippen molar-refractivity contribution >= 4 is 34.1 Å². The lowest BCUT2D eigenvalue weighted by Crippen LogP contribution is -2.07. The van der Waals surface area contributed by atoms with E-state index < -0.39 is 0 Å². The molecule has 4 nitrogen and oxygen atoms in total. The molecule has 0 fully saturated rings. The van der Waals surface area contributed by atoms with Crippen LogP contribution in [0.1, 0.15) is 0 Å². The molecule has 114 valence electrons. The summed E-state index contributed by atoms with van der Waals surface area (Å²) < 4.78 is 5.88. The molecule has 0 bridgehead atoms. The maximum absolute atomic E-state index is 11.5. The molecule has 0 aliphatic rings. The van der Waals surface area contributed by atoms with Crippen molar-refractivity contribution in [2.75, 3.05) is 5.32 Å². The van der Waals surface area contributed by atoms with Crippen LogP contribution in [0.25, 0.3) is 10.9 Å². The Bertz CT molecular complexity index is 893. The minimum Gasteiger partial charge on any atom is -0.454 e. The minimum atomic E-state index is -0.282. The lowest BCUT2D eigenvalue weighted by molar-refractivity contribution is -0.111. The van der Waals surface area contributed by atoms with Gasteiger partial charge in [-0.1, -0.05) is 30.3 Å². The zero-order chi connectivity index (χ0) is 16.2. The Morgan fingerprint density at radius 1 is 1.13 bits per heavy atom. The van der Waals surface area contributed by atoms with Gasteiger partial charge in [-0.2, -0.15) is 0 Å². The highest BCUT2D eigenvalue weighted by Crippen LogP contribution is 2.35. The van der Waals surface area contributed by atoms with Crippen LogP contribution in [0.3, 0.4) is 0 Å². The van der Waals surface area contributed by atoms with Gasteiger partial charge in [0.25, 0.3) is 0 Å². The maximum atomic E-state index is 11.5. The molecule has 0 saturated carbocycles. The summed E-state index contributed by atoms with van der Waals surface area (Å²) >= 11 is 6.13. The van der Waals surface area contributed by atoms with Crippen LogP contribution in [-0.2, 0) is 4.79 Å². The molecule has 1 amide bonds. The van der Waals surface area contributed by atoms with Crippen LogP contribution in [0.4, 0.5) is 5.69 Å². The number of fused-ring (bicyclic) bond motifs is 1. The molecule has 3 aromatic rings. The number of carbonyl (C=O) groups is 1. The first-order chi connectivity index (χ1) is 11.2. The van der Waals surface area contributed by atoms with Gasteiger partial charge in [-0.25, -0.2) is 0 Å². The fraction of sp³-hybridized carbons (Fsp3) is 0. The standard InChI is InChI=1S/C18H13ClN2O2/c1-2-17(22)21-14-9-10-16(18-12(14)6-5-11-20-18)23-15-8-4-3-7-13(15)19/h2-11H,1H2,(H,21,22). The smallest absolute Gasteiger partial charge is 0.247 e. The normalized spacial score (nSPS) is 10.3. The first kappa shape index (κ1) is 15.1. The molecule has 0 radical (unpaired) electrons. The highest BCUT2D eigenvalue weighted by atomic mass is 35.5. The Labute approximate surface area is 138 Å². The Morgan fingerprint density at radius 2 is 1.96 bits per heavy atom. The summed E-state index contributed by atoms with van der Waals surface area (Å²) in [6, 6.07) is 14.4. The van der Waals surface area contributed by atoms with Gasteiger partial charge in [0.1, 0.15) is 11.3 Å². The van der Waals surface area contributed by atoms with Crippen molar-refractivity contribution in [3.05, 3.63) is 72.4 Å². The Morgan fingerprint density at radius 3 is 2.74 bits per heavy atom. The van der Waals surface area contributed by atoms with Gasteiger partial charge >= 0.3 is 0 Å². The minimum absolute atomic E-state index is 0.282. The zero-order valence-electron chi connectivity index (χ0n) is 12.1. The van der Waals surface area contributed by atoms with E-state index in [9.17, 15) is 4.79 Å². The van der Waals surface area contributed by atoms with E-state index in [-0.39, 0.29) is 5.91 Å². The van der Waals surface area contributed by atoms with Crippen LogP contribution in [0, 0.1) is 0 Å². The van der Waals surface area contributed by atoms with Crippen molar-refractivity contribution in [2.24, 2.45) is 0 Å². The molecule has 1 N–H and O–H groups in total. The van der Waals surface area contributed by atoms with Gasteiger partial charge < -0.3 is 10.1 Å². The van der Waals surface area contributed by atoms with Gasteiger partial charge in [0.2, 0.25) is 5.91 Å². The van der Waals surface area contributed by atoms with Gasteiger partial charge in [-0.05, 0) is 42.5 Å². The number of pyridine rings is 1. The predicted octanol–water partition coefficient (Wildman–Crippen LogP) is 4.81. The second-order valence-electron chi connectivity index (χ2n) is 4.74. The average molecular weight is 325 g/mol. The molecule has 0 spiro atoms. The van der Waals surface area contributed by atoms with Crippen LogP contribution in [0.15, 0.2) is 67.4 Å². The quantitative estimate of drug-likeness (QED) is 0.701. The molecule has 3 rings (SSSR count). The predicted molar refractivity (Wildman–Crippen MR) is 92.1 cm³/mol. The molecular formula is C18H13ClN2O2. The molecule has 1 heterocycles. The number of amides is 1. The number of rotatable bonds is 4. The van der Waals surface area contributed by atoms with Crippen LogP contribution < -0.4 is 10.1 Å². The van der Waals surface area contributed by atoms with Crippen LogP contribution in [0.2, 0.25) is 5.02 Å². The van der Waals surface area contributed by atoms with Crippen molar-refractivity contribution < 1.29 is 9.53 Å². The molecule has 0 aliphatic carbocycles. The second-order valence-corrected chi connectivity index (χ2v) is 5.14. The van der Waals surface area contributed by atoms with E-state index in [0.29, 0.717) is 27.7 Å². The fourth-order valence-electron chi connectivity index (χ4n) is 2.17. The zero-order valence-corrected chi connectivity index (χ0v) is 12.9. The number of carbonyl (C=O) groups excluding carboxylic acids is 1. The molecule has 0 aliphatic heterocycles. The second kappa shape index (κ2) is 6.50. The number of aromatic nitrogens is 1. The van der Waals surface area contributed by atoms with Gasteiger partial charge in [0.15, 0.2) is 5.75 Å². The van der Waals surface area contributed by atoms with Crippen LogP contribution in [-0.4, -0.2) is 10.9 Å². The summed E-state index contributed by atoms with van der Waals surface area (Å²) in [6.07, 6.45) is 2.89. The topological polar surface area (TPSA) is 51.2 Å². The van der Waals surface area contributed by atoms with E-state index in [1.54, 1.807) is 36.5 Å². The van der Waals surface area contributed by atoms with Crippen molar-refractivity contribution in [1.82, 2.24) is 4.98 Å². The van der Waals surface area contributed by atoms with E-state index in [2.05, 4.69) is 16.9 Å². The number of ether oxygens (including phenoxy) is 1. The van der Waals surface area contributed by atoms with E-state index in [1.807, 2.05) is 18.2 Å². The molecule has 0 saturated heterocycles. The molecule has 0 unspecified atom stereocenters. The van der Waals surface area contributed by atoms with Crippen LogP contribution >= 0.6 is 11.6 Å². The Hall–Kier alpha value is -2.85. The number of halogens is 1. The number of hydrogen-bond acceptors (Lipinski definition) is 3. The summed E-state index contributed by atoms with van der Waals surface area (Å²) in [5, 5.41) is 4.04. The summed E-state index contributed by atoms with van der Waals surface area (Å²) in [5.41, 5.74) is 1.28. The summed E-state index contributed by atoms with van der Waals surface area (Å²) in [6.45, 7) is 3.45. The third-order valence-electron chi connectivity index (χ3n) is 3.23. The maximum Gasteiger partial charge on any atom is 0.247 e. The van der Waals surface area contributed by atoms with E-state index in [4.69, 9.17) is 16.3 Å². The monoisotopic (exact) mass is 324 g/mol. The summed E-state index contributed by atoms with van der Waals surface area (Å²) in [5.74, 6) is 0.823. The molecule has 1 aromatic heterocycles. The van der Waals surface area contributed by atoms with Crippen molar-refractivity contribution in [1.29, 1.82) is 0 Å². The highest BCUT2D eigenvalue weighted by Gasteiger charge is 2.11. The number of nitrogens with zero attached hydrogens (tertiary/aromatic N) is 1. The van der Waals surface area contributed by atoms with Gasteiger partial charge in [0.05, 0.1) is 10.7 Å². The third kappa shape index (κ3) is 3.17. The summed E-state index contributed by atoms with van der Waals surface area (Å²) in [4.78, 5) is 15.9. The number of para-hydroxylation sites is 1. The lowest BCUT2D eigenvalue weighted by Gasteiger charge is -2.12. The number of anilines is 1. The highest BCUT2D eigenvalue weighted by molar-refractivity contribution is 6.32. The SMILES string of the molecule is C=CC(=O)Nc1ccc(Oc2ccccc2Cl)c2ncccc12. The first-order valence-electron chi connectivity index (χ1n) is 6.92. The van der Waals surface area contributed by atoms with Crippen molar-refractivity contribution in [3.63, 3.8) is 0 Å². The molecule has 2 aromatic carbocycles. The van der Waals surface area contributed by atoms with Gasteiger partial charge in [-0.3, -0.25) is 9.78 Å². The fourth-order valence-corrected chi connectivity index (χ4v) is 2.34. The van der Waals surface area contributed by atoms with E-state index >= 15 is 0 Å². The molecule has 5 heteroatoms. The van der Waals surface area contributed by atoms with Crippen molar-refractivity contribution in [2.45, 2.75) is 0 Å². The molecule has 23 heavy (non-hydrogen) atoms. The Kier molecular flexibility index (Phi) is 4.26. The number of nitrogens with one attached hydrogen (secondary N) is 1. The molecule has 0 atom stereocenters.